The second-order valence-electron chi connectivity index (χ2n) is 5.61. The van der Waals surface area contributed by atoms with Gasteiger partial charge in [0.15, 0.2) is 0 Å². The summed E-state index contributed by atoms with van der Waals surface area (Å²) in [6.07, 6.45) is 8.52. The maximum atomic E-state index is 4.43. The van der Waals surface area contributed by atoms with Gasteiger partial charge in [0, 0.05) is 35.6 Å². The third-order valence-electron chi connectivity index (χ3n) is 4.40. The van der Waals surface area contributed by atoms with Crippen molar-refractivity contribution in [3.05, 3.63) is 17.5 Å². The molecule has 0 amide bonds. The van der Waals surface area contributed by atoms with E-state index in [0.717, 1.165) is 5.25 Å². The fourth-order valence-electron chi connectivity index (χ4n) is 3.28. The molecule has 0 saturated carbocycles. The Morgan fingerprint density at radius 2 is 2.28 bits per heavy atom. The summed E-state index contributed by atoms with van der Waals surface area (Å²) >= 11 is 2.12. The van der Waals surface area contributed by atoms with E-state index in [1.54, 1.807) is 0 Å². The van der Waals surface area contributed by atoms with Gasteiger partial charge in [-0.2, -0.15) is 16.9 Å². The summed E-state index contributed by atoms with van der Waals surface area (Å²) in [5, 5.41) is 9.09. The van der Waals surface area contributed by atoms with Gasteiger partial charge in [0.1, 0.15) is 0 Å². The lowest BCUT2D eigenvalue weighted by atomic mass is 9.91. The Balaban J connectivity index is 1.73. The zero-order valence-electron chi connectivity index (χ0n) is 11.4. The molecule has 3 nitrogen and oxygen atoms in total. The van der Waals surface area contributed by atoms with E-state index in [2.05, 4.69) is 47.0 Å². The van der Waals surface area contributed by atoms with Crippen LogP contribution >= 0.6 is 11.8 Å². The maximum Gasteiger partial charge on any atom is 0.0540 e. The predicted molar refractivity (Wildman–Crippen MR) is 77.0 cm³/mol. The van der Waals surface area contributed by atoms with Crippen LogP contribution in [0, 0.1) is 0 Å². The van der Waals surface area contributed by atoms with Crippen LogP contribution < -0.4 is 5.32 Å². The Labute approximate surface area is 114 Å². The van der Waals surface area contributed by atoms with E-state index in [0.29, 0.717) is 12.1 Å². The minimum Gasteiger partial charge on any atom is -0.306 e. The van der Waals surface area contributed by atoms with Gasteiger partial charge in [-0.1, -0.05) is 6.92 Å². The molecule has 1 aromatic rings. The molecule has 3 atom stereocenters. The number of thioether (sulfide) groups is 1. The number of hydrogen-bond acceptors (Lipinski definition) is 3. The summed E-state index contributed by atoms with van der Waals surface area (Å²) in [6.45, 7) is 2.37. The molecule has 2 heterocycles. The molecule has 18 heavy (non-hydrogen) atoms. The standard InChI is InChI=1S/C14H23N3S/c1-10-12(6-4-8-18-10)16-13-5-3-7-14-11(13)9-15-17(14)2/h9-10,12-13,16H,3-8H2,1-2H3. The molecule has 0 radical (unpaired) electrons. The minimum atomic E-state index is 0.536. The van der Waals surface area contributed by atoms with E-state index < -0.39 is 0 Å². The van der Waals surface area contributed by atoms with Crippen LogP contribution in [0.5, 0.6) is 0 Å². The predicted octanol–water partition coefficient (Wildman–Crippen LogP) is 2.67. The van der Waals surface area contributed by atoms with Crippen molar-refractivity contribution in [2.75, 3.05) is 5.75 Å². The third kappa shape index (κ3) is 2.32. The Bertz CT molecular complexity index is 415. The van der Waals surface area contributed by atoms with E-state index in [1.165, 1.54) is 49.1 Å². The molecule has 3 unspecified atom stereocenters. The average molecular weight is 265 g/mol. The van der Waals surface area contributed by atoms with Gasteiger partial charge < -0.3 is 5.32 Å². The minimum absolute atomic E-state index is 0.536. The third-order valence-corrected chi connectivity index (χ3v) is 5.78. The topological polar surface area (TPSA) is 29.9 Å². The summed E-state index contributed by atoms with van der Waals surface area (Å²) in [5.74, 6) is 1.34. The van der Waals surface area contributed by atoms with Crippen molar-refractivity contribution in [2.24, 2.45) is 7.05 Å². The lowest BCUT2D eigenvalue weighted by Crippen LogP contribution is -2.42. The highest BCUT2D eigenvalue weighted by atomic mass is 32.2. The molecular formula is C14H23N3S. The fraction of sp³-hybridized carbons (Fsp3) is 0.786. The molecule has 0 spiro atoms. The summed E-state index contributed by atoms with van der Waals surface area (Å²) in [5.41, 5.74) is 2.89. The van der Waals surface area contributed by atoms with Crippen molar-refractivity contribution in [3.63, 3.8) is 0 Å². The quantitative estimate of drug-likeness (QED) is 0.891. The van der Waals surface area contributed by atoms with Gasteiger partial charge in [-0.25, -0.2) is 0 Å². The lowest BCUT2D eigenvalue weighted by Gasteiger charge is -2.34. The van der Waals surface area contributed by atoms with Gasteiger partial charge in [0.2, 0.25) is 0 Å². The molecule has 1 N–H and O–H groups in total. The summed E-state index contributed by atoms with van der Waals surface area (Å²) < 4.78 is 2.06. The van der Waals surface area contributed by atoms with Crippen molar-refractivity contribution in [3.8, 4) is 0 Å². The first-order chi connectivity index (χ1) is 8.75. The number of fused-ring (bicyclic) bond motifs is 1. The average Bonchev–Trinajstić information content (AvgIpc) is 2.76. The van der Waals surface area contributed by atoms with Crippen LogP contribution in [0.25, 0.3) is 0 Å². The molecule has 0 bridgehead atoms. The van der Waals surface area contributed by atoms with Crippen LogP contribution in [0.2, 0.25) is 0 Å². The molecule has 4 heteroatoms. The van der Waals surface area contributed by atoms with Crippen LogP contribution in [0.4, 0.5) is 0 Å². The van der Waals surface area contributed by atoms with Crippen molar-refractivity contribution in [1.82, 2.24) is 15.1 Å². The summed E-state index contributed by atoms with van der Waals surface area (Å²) in [4.78, 5) is 0. The smallest absolute Gasteiger partial charge is 0.0540 e. The number of aryl methyl sites for hydroxylation is 1. The van der Waals surface area contributed by atoms with Gasteiger partial charge in [-0.05, 0) is 37.9 Å². The molecular weight excluding hydrogens is 242 g/mol. The maximum absolute atomic E-state index is 4.43. The van der Waals surface area contributed by atoms with Crippen molar-refractivity contribution >= 4 is 11.8 Å². The summed E-state index contributed by atoms with van der Waals surface area (Å²) in [7, 11) is 2.07. The normalized spacial score (nSPS) is 32.2. The molecule has 1 saturated heterocycles. The van der Waals surface area contributed by atoms with Gasteiger partial charge in [0.05, 0.1) is 6.20 Å². The van der Waals surface area contributed by atoms with Crippen molar-refractivity contribution in [1.29, 1.82) is 0 Å². The molecule has 100 valence electrons. The first kappa shape index (κ1) is 12.5. The lowest BCUT2D eigenvalue weighted by molar-refractivity contribution is 0.368. The number of rotatable bonds is 2. The number of nitrogens with zero attached hydrogens (tertiary/aromatic N) is 2. The van der Waals surface area contributed by atoms with Gasteiger partial charge in [0.25, 0.3) is 0 Å². The van der Waals surface area contributed by atoms with Crippen molar-refractivity contribution in [2.45, 2.75) is 56.4 Å². The van der Waals surface area contributed by atoms with Gasteiger partial charge >= 0.3 is 0 Å². The number of hydrogen-bond donors (Lipinski definition) is 1. The SMILES string of the molecule is CC1SCCCC1NC1CCCc2c1cnn2C. The van der Waals surface area contributed by atoms with Crippen molar-refractivity contribution < 1.29 is 0 Å². The molecule has 2 aliphatic rings. The largest absolute Gasteiger partial charge is 0.306 e. The van der Waals surface area contributed by atoms with E-state index in [1.807, 2.05) is 0 Å². The van der Waals surface area contributed by atoms with Gasteiger partial charge in [-0.3, -0.25) is 4.68 Å². The monoisotopic (exact) mass is 265 g/mol. The van der Waals surface area contributed by atoms with Crippen LogP contribution in [0.3, 0.4) is 0 Å². The van der Waals surface area contributed by atoms with Gasteiger partial charge in [-0.15, -0.1) is 0 Å². The zero-order chi connectivity index (χ0) is 12.5. The molecule has 1 aliphatic heterocycles. The Hall–Kier alpha value is -0.480. The highest BCUT2D eigenvalue weighted by Gasteiger charge is 2.28. The second-order valence-corrected chi connectivity index (χ2v) is 7.09. The number of nitrogens with one attached hydrogen (secondary N) is 1. The highest BCUT2D eigenvalue weighted by Crippen LogP contribution is 2.32. The van der Waals surface area contributed by atoms with Crippen LogP contribution in [-0.4, -0.2) is 26.8 Å². The molecule has 1 aromatic heterocycles. The second kappa shape index (κ2) is 5.25. The van der Waals surface area contributed by atoms with Crippen LogP contribution in [0.1, 0.15) is 49.9 Å². The Morgan fingerprint density at radius 3 is 3.11 bits per heavy atom. The molecule has 1 fully saturated rings. The Morgan fingerprint density at radius 1 is 1.39 bits per heavy atom. The Kier molecular flexibility index (Phi) is 3.66. The van der Waals surface area contributed by atoms with E-state index in [-0.39, 0.29) is 0 Å². The molecule has 0 aromatic carbocycles. The first-order valence-electron chi connectivity index (χ1n) is 7.14. The number of aromatic nitrogens is 2. The molecule has 3 rings (SSSR count). The fourth-order valence-corrected chi connectivity index (χ4v) is 4.43. The van der Waals surface area contributed by atoms with Crippen LogP contribution in [-0.2, 0) is 13.5 Å². The van der Waals surface area contributed by atoms with E-state index in [9.17, 15) is 0 Å². The van der Waals surface area contributed by atoms with E-state index >= 15 is 0 Å². The van der Waals surface area contributed by atoms with Crippen LogP contribution in [0.15, 0.2) is 6.20 Å². The highest BCUT2D eigenvalue weighted by molar-refractivity contribution is 7.99. The zero-order valence-corrected chi connectivity index (χ0v) is 12.2. The summed E-state index contributed by atoms with van der Waals surface area (Å²) in [6, 6.07) is 1.22. The van der Waals surface area contributed by atoms with E-state index in [4.69, 9.17) is 0 Å². The molecule has 1 aliphatic carbocycles. The first-order valence-corrected chi connectivity index (χ1v) is 8.19.